The molecule has 0 aliphatic heterocycles. The van der Waals surface area contributed by atoms with Crippen LogP contribution in [-0.4, -0.2) is 16.7 Å². The Labute approximate surface area is 196 Å². The van der Waals surface area contributed by atoms with Crippen LogP contribution in [0.5, 0.6) is 10.8 Å². The Balaban J connectivity index is 1.46. The van der Waals surface area contributed by atoms with Crippen LogP contribution in [0.4, 0.5) is 8.78 Å². The quantitative estimate of drug-likeness (QED) is 0.233. The molecule has 166 valence electrons. The van der Waals surface area contributed by atoms with Crippen molar-refractivity contribution in [3.8, 4) is 10.8 Å². The highest BCUT2D eigenvalue weighted by molar-refractivity contribution is 7.16. The molecule has 9 heteroatoms. The van der Waals surface area contributed by atoms with Crippen LogP contribution in [0.25, 0.3) is 0 Å². The molecule has 0 N–H and O–H groups in total. The maximum atomic E-state index is 14.4. The lowest BCUT2D eigenvalue weighted by atomic mass is 10.2. The predicted octanol–water partition coefficient (Wildman–Crippen LogP) is 6.10. The van der Waals surface area contributed by atoms with E-state index in [0.29, 0.717) is 22.1 Å². The number of benzene rings is 2. The molecule has 0 unspecified atom stereocenters. The fraction of sp³-hybridized carbons (Fsp3) is 0.0417. The number of carbonyl (C=O) groups is 2. The standard InChI is InChI=1S/C24H14ClF2NO4S/c25-16-8-4-5-14(11-16)13-31-17-9-10-18(28-12-17)21(29)22-19(26)20(27)24(33-22)32-23(30)15-6-2-1-3-7-15/h1-12H,13H2. The summed E-state index contributed by atoms with van der Waals surface area (Å²) in [5, 5.41) is -0.0552. The van der Waals surface area contributed by atoms with Gasteiger partial charge in [-0.2, -0.15) is 4.39 Å². The fourth-order valence-electron chi connectivity index (χ4n) is 2.81. The van der Waals surface area contributed by atoms with Gasteiger partial charge in [-0.1, -0.05) is 53.3 Å². The van der Waals surface area contributed by atoms with Gasteiger partial charge in [0.2, 0.25) is 16.7 Å². The zero-order valence-corrected chi connectivity index (χ0v) is 18.3. The molecule has 0 saturated heterocycles. The lowest BCUT2D eigenvalue weighted by molar-refractivity contribution is 0.0733. The van der Waals surface area contributed by atoms with Gasteiger partial charge in [0.1, 0.15) is 22.9 Å². The monoisotopic (exact) mass is 485 g/mol. The van der Waals surface area contributed by atoms with E-state index in [0.717, 1.165) is 5.56 Å². The predicted molar refractivity (Wildman–Crippen MR) is 119 cm³/mol. The van der Waals surface area contributed by atoms with Crippen molar-refractivity contribution in [3.63, 3.8) is 0 Å². The van der Waals surface area contributed by atoms with E-state index in [4.69, 9.17) is 21.1 Å². The van der Waals surface area contributed by atoms with Crippen LogP contribution in [0.15, 0.2) is 72.9 Å². The Kier molecular flexibility index (Phi) is 6.76. The first kappa shape index (κ1) is 22.6. The van der Waals surface area contributed by atoms with Gasteiger partial charge in [0, 0.05) is 5.02 Å². The van der Waals surface area contributed by atoms with Crippen molar-refractivity contribution in [2.24, 2.45) is 0 Å². The molecule has 0 aliphatic rings. The first-order chi connectivity index (χ1) is 15.9. The van der Waals surface area contributed by atoms with E-state index in [2.05, 4.69) is 4.98 Å². The summed E-state index contributed by atoms with van der Waals surface area (Å²) in [6.45, 7) is 0.233. The van der Waals surface area contributed by atoms with Gasteiger partial charge in [-0.3, -0.25) is 4.79 Å². The summed E-state index contributed by atoms with van der Waals surface area (Å²) >= 11 is 6.33. The maximum absolute atomic E-state index is 14.4. The molecule has 0 fully saturated rings. The first-order valence-corrected chi connectivity index (χ1v) is 10.7. The van der Waals surface area contributed by atoms with E-state index in [9.17, 15) is 18.4 Å². The summed E-state index contributed by atoms with van der Waals surface area (Å²) in [4.78, 5) is 28.2. The van der Waals surface area contributed by atoms with Gasteiger partial charge in [-0.15, -0.1) is 0 Å². The second-order valence-corrected chi connectivity index (χ2v) is 8.15. The number of esters is 1. The molecule has 0 atom stereocenters. The number of pyridine rings is 1. The van der Waals surface area contributed by atoms with Crippen LogP contribution in [-0.2, 0) is 6.61 Å². The number of halogens is 3. The highest BCUT2D eigenvalue weighted by Crippen LogP contribution is 2.34. The number of carbonyl (C=O) groups excluding carboxylic acids is 2. The Morgan fingerprint density at radius 2 is 1.76 bits per heavy atom. The minimum atomic E-state index is -1.41. The summed E-state index contributed by atoms with van der Waals surface area (Å²) in [5.41, 5.74) is 0.885. The van der Waals surface area contributed by atoms with Crippen LogP contribution in [0.2, 0.25) is 5.02 Å². The van der Waals surface area contributed by atoms with Crippen LogP contribution in [0.1, 0.15) is 31.3 Å². The van der Waals surface area contributed by atoms with E-state index in [1.807, 2.05) is 6.07 Å². The summed E-state index contributed by atoms with van der Waals surface area (Å²) in [7, 11) is 0. The van der Waals surface area contributed by atoms with Crippen molar-refractivity contribution in [1.82, 2.24) is 4.98 Å². The molecule has 2 aromatic carbocycles. The van der Waals surface area contributed by atoms with E-state index in [1.54, 1.807) is 36.4 Å². The number of thiophene rings is 1. The lowest BCUT2D eigenvalue weighted by Crippen LogP contribution is -2.08. The third-order valence-electron chi connectivity index (χ3n) is 4.43. The molecule has 4 aromatic rings. The van der Waals surface area contributed by atoms with E-state index in [1.165, 1.54) is 30.5 Å². The molecule has 0 saturated carbocycles. The number of rotatable bonds is 7. The van der Waals surface area contributed by atoms with Crippen LogP contribution >= 0.6 is 22.9 Å². The normalized spacial score (nSPS) is 10.6. The van der Waals surface area contributed by atoms with Gasteiger partial charge in [0.25, 0.3) is 0 Å². The highest BCUT2D eigenvalue weighted by atomic mass is 35.5. The van der Waals surface area contributed by atoms with Crippen molar-refractivity contribution < 1.29 is 27.8 Å². The fourth-order valence-corrected chi connectivity index (χ4v) is 3.88. The second-order valence-electron chi connectivity index (χ2n) is 6.73. The van der Waals surface area contributed by atoms with Crippen molar-refractivity contribution in [2.45, 2.75) is 6.61 Å². The van der Waals surface area contributed by atoms with Crippen LogP contribution in [0.3, 0.4) is 0 Å². The smallest absolute Gasteiger partial charge is 0.344 e. The SMILES string of the molecule is O=C(Oc1sc(C(=O)c2ccc(OCc3cccc(Cl)c3)cn2)c(F)c1F)c1ccccc1. The summed E-state index contributed by atoms with van der Waals surface area (Å²) in [5.74, 6) is -4.14. The molecule has 0 bridgehead atoms. The maximum Gasteiger partial charge on any atom is 0.344 e. The topological polar surface area (TPSA) is 65.5 Å². The third kappa shape index (κ3) is 5.24. The van der Waals surface area contributed by atoms with Crippen molar-refractivity contribution in [1.29, 1.82) is 0 Å². The zero-order chi connectivity index (χ0) is 23.4. The van der Waals surface area contributed by atoms with E-state index in [-0.39, 0.29) is 17.9 Å². The molecule has 5 nitrogen and oxygen atoms in total. The molecule has 0 amide bonds. The summed E-state index contributed by atoms with van der Waals surface area (Å²) < 4.78 is 39.2. The Hall–Kier alpha value is -3.62. The minimum absolute atomic E-state index is 0.119. The number of ether oxygens (including phenoxy) is 2. The van der Waals surface area contributed by atoms with E-state index >= 15 is 0 Å². The second kappa shape index (κ2) is 9.89. The largest absolute Gasteiger partial charge is 0.487 e. The van der Waals surface area contributed by atoms with Gasteiger partial charge in [-0.25, -0.2) is 14.2 Å². The highest BCUT2D eigenvalue weighted by Gasteiger charge is 2.27. The first-order valence-electron chi connectivity index (χ1n) is 9.55. The minimum Gasteiger partial charge on any atom is -0.487 e. The molecule has 0 spiro atoms. The number of ketones is 1. The van der Waals surface area contributed by atoms with Gasteiger partial charge in [0.15, 0.2) is 5.82 Å². The van der Waals surface area contributed by atoms with Crippen LogP contribution in [0, 0.1) is 11.6 Å². The number of hydrogen-bond acceptors (Lipinski definition) is 6. The van der Waals surface area contributed by atoms with Gasteiger partial charge >= 0.3 is 5.97 Å². The summed E-state index contributed by atoms with van der Waals surface area (Å²) in [6.07, 6.45) is 1.30. The molecular formula is C24H14ClF2NO4S. The summed E-state index contributed by atoms with van der Waals surface area (Å²) in [6, 6.07) is 17.8. The average Bonchev–Trinajstić information content (AvgIpc) is 3.11. The number of hydrogen-bond donors (Lipinski definition) is 0. The molecule has 0 aliphatic carbocycles. The number of nitrogens with zero attached hydrogens (tertiary/aromatic N) is 1. The molecule has 2 aromatic heterocycles. The van der Waals surface area contributed by atoms with Crippen molar-refractivity contribution in [2.75, 3.05) is 0 Å². The van der Waals surface area contributed by atoms with Crippen molar-refractivity contribution >= 4 is 34.7 Å². The Morgan fingerprint density at radius 3 is 2.45 bits per heavy atom. The van der Waals surface area contributed by atoms with Gasteiger partial charge in [-0.05, 0) is 42.0 Å². The molecule has 4 rings (SSSR count). The average molecular weight is 486 g/mol. The molecule has 0 radical (unpaired) electrons. The van der Waals surface area contributed by atoms with Crippen LogP contribution < -0.4 is 9.47 Å². The Bertz CT molecular complexity index is 1310. The molecule has 2 heterocycles. The third-order valence-corrected chi connectivity index (χ3v) is 5.68. The zero-order valence-electron chi connectivity index (χ0n) is 16.8. The molecule has 33 heavy (non-hydrogen) atoms. The van der Waals surface area contributed by atoms with Gasteiger partial charge < -0.3 is 9.47 Å². The van der Waals surface area contributed by atoms with E-state index < -0.39 is 33.3 Å². The lowest BCUT2D eigenvalue weighted by Gasteiger charge is -2.06. The Morgan fingerprint density at radius 1 is 0.970 bits per heavy atom. The molecular weight excluding hydrogens is 472 g/mol. The number of aromatic nitrogens is 1. The van der Waals surface area contributed by atoms with Gasteiger partial charge in [0.05, 0.1) is 11.8 Å². The van der Waals surface area contributed by atoms with Crippen molar-refractivity contribution in [3.05, 3.63) is 111 Å².